The number of benzene rings is 1. The lowest BCUT2D eigenvalue weighted by molar-refractivity contribution is -0.313. The van der Waals surface area contributed by atoms with Crippen molar-refractivity contribution in [2.75, 3.05) is 0 Å². The zero-order chi connectivity index (χ0) is 30.7. The summed E-state index contributed by atoms with van der Waals surface area (Å²) in [6, 6.07) is 8.08. The molecular weight excluding hydrogens is 532 g/mol. The van der Waals surface area contributed by atoms with E-state index in [-0.39, 0.29) is 18.4 Å². The number of hydrogen-bond donors (Lipinski definition) is 3. The van der Waals surface area contributed by atoms with Gasteiger partial charge in [0.05, 0.1) is 11.7 Å². The first kappa shape index (κ1) is 30.9. The Bertz CT molecular complexity index is 1240. The third kappa shape index (κ3) is 4.60. The van der Waals surface area contributed by atoms with Gasteiger partial charge < -0.3 is 29.5 Å². The van der Waals surface area contributed by atoms with E-state index in [1.54, 1.807) is 45.9 Å². The summed E-state index contributed by atoms with van der Waals surface area (Å²) >= 11 is 0. The number of aliphatic hydroxyl groups excluding tert-OH is 2. The lowest BCUT2D eigenvalue weighted by atomic mass is 9.39. The van der Waals surface area contributed by atoms with Crippen LogP contribution in [0.25, 0.3) is 0 Å². The first-order valence-electron chi connectivity index (χ1n) is 13.8. The van der Waals surface area contributed by atoms with Crippen molar-refractivity contribution in [1.29, 1.82) is 0 Å². The highest BCUT2D eigenvalue weighted by Crippen LogP contribution is 2.67. The van der Waals surface area contributed by atoms with E-state index in [1.807, 2.05) is 0 Å². The summed E-state index contributed by atoms with van der Waals surface area (Å²) in [6.07, 6.45) is -5.82. The summed E-state index contributed by atoms with van der Waals surface area (Å²) in [7, 11) is 0. The van der Waals surface area contributed by atoms with Gasteiger partial charge in [0.15, 0.2) is 11.4 Å². The molecule has 0 aromatic heterocycles. The molecule has 3 fully saturated rings. The monoisotopic (exact) mass is 572 g/mol. The van der Waals surface area contributed by atoms with Crippen LogP contribution in [0.2, 0.25) is 0 Å². The van der Waals surface area contributed by atoms with Crippen molar-refractivity contribution in [3.63, 3.8) is 0 Å². The first-order chi connectivity index (χ1) is 19.0. The minimum absolute atomic E-state index is 0.106. The molecule has 3 aliphatic rings. The zero-order valence-electron chi connectivity index (χ0n) is 24.3. The number of rotatable bonds is 5. The fraction of sp³-hybridized carbons (Fsp3) is 0.613. The number of ketones is 1. The van der Waals surface area contributed by atoms with Crippen molar-refractivity contribution in [3.05, 3.63) is 48.6 Å². The van der Waals surface area contributed by atoms with Gasteiger partial charge >= 0.3 is 17.9 Å². The standard InChI is InChI=1S/C31H40O10/c1-8-29(6)15-19(34)23-30(7)20(14-21(39-16(2)32)31(23,38)27(29)37)28(4,5)24(40-17(3)33)22(35)25(30)41-26(36)18-12-10-9-11-13-18/h8-13,19-25,34-35,38H,1,14-15H2,2-7H3/t19-,20+,21-,22+,23-,24-,25+,29+,30+,31+/m0/s1. The first-order valence-corrected chi connectivity index (χ1v) is 13.8. The second-order valence-corrected chi connectivity index (χ2v) is 12.8. The van der Waals surface area contributed by atoms with Crippen molar-refractivity contribution in [2.45, 2.75) is 90.5 Å². The number of carbonyl (C=O) groups is 4. The lowest BCUT2D eigenvalue weighted by Gasteiger charge is -2.68. The molecule has 3 saturated carbocycles. The number of fused-ring (bicyclic) bond motifs is 3. The summed E-state index contributed by atoms with van der Waals surface area (Å²) in [4.78, 5) is 52.0. The van der Waals surface area contributed by atoms with Crippen molar-refractivity contribution in [3.8, 4) is 0 Å². The smallest absolute Gasteiger partial charge is 0.338 e. The molecule has 0 heterocycles. The summed E-state index contributed by atoms with van der Waals surface area (Å²) in [6.45, 7) is 12.8. The van der Waals surface area contributed by atoms with Crippen molar-refractivity contribution >= 4 is 23.7 Å². The SMILES string of the molecule is C=C[C@]1(C)C[C@H](O)[C@@H]2[C@@](O)(C1=O)[C@@H](OC(C)=O)C[C@@H]1C(C)(C)[C@@H](OC(C)=O)[C@@H](O)[C@@H](OC(=O)c3ccccc3)[C@]12C. The topological polar surface area (TPSA) is 157 Å². The molecule has 1 aromatic rings. The van der Waals surface area contributed by atoms with Gasteiger partial charge in [0.25, 0.3) is 0 Å². The average molecular weight is 573 g/mol. The Morgan fingerprint density at radius 3 is 2.07 bits per heavy atom. The van der Waals surface area contributed by atoms with Crippen molar-refractivity contribution in [1.82, 2.24) is 0 Å². The van der Waals surface area contributed by atoms with Crippen LogP contribution in [0.3, 0.4) is 0 Å². The third-order valence-electron chi connectivity index (χ3n) is 9.90. The second-order valence-electron chi connectivity index (χ2n) is 12.8. The largest absolute Gasteiger partial charge is 0.459 e. The Labute approximate surface area is 239 Å². The van der Waals surface area contributed by atoms with Gasteiger partial charge in [-0.2, -0.15) is 0 Å². The quantitative estimate of drug-likeness (QED) is 0.272. The van der Waals surface area contributed by atoms with Crippen LogP contribution in [0.4, 0.5) is 0 Å². The highest BCUT2D eigenvalue weighted by Gasteiger charge is 2.77. The van der Waals surface area contributed by atoms with E-state index in [0.29, 0.717) is 0 Å². The van der Waals surface area contributed by atoms with Crippen molar-refractivity contribution in [2.24, 2.45) is 28.1 Å². The van der Waals surface area contributed by atoms with E-state index in [4.69, 9.17) is 14.2 Å². The average Bonchev–Trinajstić information content (AvgIpc) is 2.89. The Morgan fingerprint density at radius 2 is 1.54 bits per heavy atom. The fourth-order valence-corrected chi connectivity index (χ4v) is 8.15. The van der Waals surface area contributed by atoms with E-state index in [9.17, 15) is 34.5 Å². The van der Waals surface area contributed by atoms with E-state index < -0.39 is 87.9 Å². The maximum Gasteiger partial charge on any atom is 0.338 e. The van der Waals surface area contributed by atoms with E-state index in [1.165, 1.54) is 25.1 Å². The number of hydrogen-bond acceptors (Lipinski definition) is 10. The third-order valence-corrected chi connectivity index (χ3v) is 9.90. The predicted molar refractivity (Wildman–Crippen MR) is 145 cm³/mol. The van der Waals surface area contributed by atoms with Crippen LogP contribution in [0.1, 0.15) is 64.7 Å². The van der Waals surface area contributed by atoms with Crippen LogP contribution in [-0.2, 0) is 28.6 Å². The number of carbonyl (C=O) groups excluding carboxylic acids is 4. The van der Waals surface area contributed by atoms with Crippen LogP contribution in [-0.4, -0.2) is 75.1 Å². The Hall–Kier alpha value is -3.08. The Kier molecular flexibility index (Phi) is 7.77. The van der Waals surface area contributed by atoms with Gasteiger partial charge in [0.2, 0.25) is 0 Å². The van der Waals surface area contributed by atoms with Gasteiger partial charge in [-0.05, 0) is 37.8 Å². The van der Waals surface area contributed by atoms with Gasteiger partial charge in [-0.1, -0.05) is 45.0 Å². The van der Waals surface area contributed by atoms with Crippen LogP contribution in [0, 0.1) is 28.1 Å². The van der Waals surface area contributed by atoms with E-state index in [2.05, 4.69) is 6.58 Å². The molecule has 41 heavy (non-hydrogen) atoms. The molecule has 0 spiro atoms. The Morgan fingerprint density at radius 1 is 0.951 bits per heavy atom. The molecule has 3 aliphatic carbocycles. The predicted octanol–water partition coefficient (Wildman–Crippen LogP) is 2.38. The van der Waals surface area contributed by atoms with Crippen LogP contribution >= 0.6 is 0 Å². The fourth-order valence-electron chi connectivity index (χ4n) is 8.15. The van der Waals surface area contributed by atoms with Gasteiger partial charge in [-0.15, -0.1) is 6.58 Å². The number of Topliss-reactive ketones (excluding diaryl/α,β-unsaturated/α-hetero) is 1. The molecule has 0 unspecified atom stereocenters. The molecule has 3 N–H and O–H groups in total. The lowest BCUT2D eigenvalue weighted by Crippen LogP contribution is -2.80. The molecule has 0 saturated heterocycles. The number of ether oxygens (including phenoxy) is 3. The van der Waals surface area contributed by atoms with Crippen molar-refractivity contribution < 1.29 is 48.7 Å². The molecule has 10 nitrogen and oxygen atoms in total. The molecule has 0 bridgehead atoms. The minimum atomic E-state index is -2.42. The van der Waals surface area contributed by atoms with Crippen LogP contribution < -0.4 is 0 Å². The number of allylic oxidation sites excluding steroid dienone is 1. The number of esters is 3. The van der Waals surface area contributed by atoms with E-state index in [0.717, 1.165) is 6.92 Å². The molecule has 1 aromatic carbocycles. The van der Waals surface area contributed by atoms with Crippen LogP contribution in [0.5, 0.6) is 0 Å². The summed E-state index contributed by atoms with van der Waals surface area (Å²) < 4.78 is 17.2. The van der Waals surface area contributed by atoms with Gasteiger partial charge in [0, 0.05) is 36.0 Å². The molecule has 10 atom stereocenters. The molecule has 0 amide bonds. The molecule has 0 aliphatic heterocycles. The van der Waals surface area contributed by atoms with Gasteiger partial charge in [0.1, 0.15) is 24.4 Å². The zero-order valence-corrected chi connectivity index (χ0v) is 24.3. The maximum atomic E-state index is 14.1. The highest BCUT2D eigenvalue weighted by molar-refractivity contribution is 5.96. The molecule has 0 radical (unpaired) electrons. The maximum absolute atomic E-state index is 14.1. The van der Waals surface area contributed by atoms with Gasteiger partial charge in [-0.3, -0.25) is 14.4 Å². The normalized spacial score (nSPS) is 41.3. The summed E-state index contributed by atoms with van der Waals surface area (Å²) in [5, 5.41) is 35.9. The Balaban J connectivity index is 1.96. The second kappa shape index (κ2) is 10.3. The van der Waals surface area contributed by atoms with Gasteiger partial charge in [-0.25, -0.2) is 4.79 Å². The molecular formula is C31H40O10. The minimum Gasteiger partial charge on any atom is -0.459 e. The summed E-state index contributed by atoms with van der Waals surface area (Å²) in [5.41, 5.74) is -6.11. The summed E-state index contributed by atoms with van der Waals surface area (Å²) in [5.74, 6) is -4.92. The molecule has 224 valence electrons. The van der Waals surface area contributed by atoms with Crippen LogP contribution in [0.15, 0.2) is 43.0 Å². The number of aliphatic hydroxyl groups is 3. The molecule has 10 heteroatoms. The highest BCUT2D eigenvalue weighted by atomic mass is 16.6. The van der Waals surface area contributed by atoms with E-state index >= 15 is 0 Å². The molecule has 4 rings (SSSR count).